The van der Waals surface area contributed by atoms with Crippen LogP contribution in [0.25, 0.3) is 0 Å². The molecule has 1 aliphatic carbocycles. The van der Waals surface area contributed by atoms with Gasteiger partial charge in [-0.1, -0.05) is 31.4 Å². The van der Waals surface area contributed by atoms with E-state index < -0.39 is 0 Å². The Kier molecular flexibility index (Phi) is 2.98. The predicted octanol–water partition coefficient (Wildman–Crippen LogP) is 3.68. The second-order valence-electron chi connectivity index (χ2n) is 3.16. The zero-order valence-electron chi connectivity index (χ0n) is 7.24. The molecule has 0 saturated heterocycles. The molecule has 0 radical (unpaired) electrons. The van der Waals surface area contributed by atoms with Crippen molar-refractivity contribution < 1.29 is 0 Å². The Morgan fingerprint density at radius 1 is 1.10 bits per heavy atom. The summed E-state index contributed by atoms with van der Waals surface area (Å²) < 4.78 is 0. The third kappa shape index (κ3) is 1.62. The minimum atomic E-state index is 1.30. The molecular formula is C10H18. The van der Waals surface area contributed by atoms with E-state index in [1.807, 2.05) is 0 Å². The smallest absolute Gasteiger partial charge is 0.0315 e. The topological polar surface area (TPSA) is 0 Å². The highest BCUT2D eigenvalue weighted by atomic mass is 14.2. The Bertz CT molecular complexity index is 131. The Balaban J connectivity index is 2.50. The summed E-state index contributed by atoms with van der Waals surface area (Å²) >= 11 is 0. The van der Waals surface area contributed by atoms with Gasteiger partial charge in [-0.25, -0.2) is 0 Å². The van der Waals surface area contributed by atoms with Crippen molar-refractivity contribution in [2.45, 2.75) is 52.4 Å². The minimum absolute atomic E-state index is 1.30. The van der Waals surface area contributed by atoms with E-state index in [1.54, 1.807) is 11.1 Å². The van der Waals surface area contributed by atoms with Crippen molar-refractivity contribution in [3.8, 4) is 0 Å². The largest absolute Gasteiger partial charge is 0.0713 e. The zero-order chi connectivity index (χ0) is 7.40. The van der Waals surface area contributed by atoms with Crippen molar-refractivity contribution in [2.24, 2.45) is 0 Å². The van der Waals surface area contributed by atoms with Gasteiger partial charge in [0.1, 0.15) is 0 Å². The fourth-order valence-corrected chi connectivity index (χ4v) is 1.90. The molecule has 1 rings (SSSR count). The molecule has 1 aliphatic rings. The van der Waals surface area contributed by atoms with Gasteiger partial charge < -0.3 is 0 Å². The third-order valence-electron chi connectivity index (χ3n) is 2.44. The molecule has 0 nitrogen and oxygen atoms in total. The van der Waals surface area contributed by atoms with E-state index in [-0.39, 0.29) is 0 Å². The first-order valence-electron chi connectivity index (χ1n) is 4.58. The fourth-order valence-electron chi connectivity index (χ4n) is 1.90. The van der Waals surface area contributed by atoms with Crippen LogP contribution in [0.2, 0.25) is 0 Å². The number of hydrogen-bond donors (Lipinski definition) is 0. The molecule has 0 spiro atoms. The van der Waals surface area contributed by atoms with Crippen LogP contribution in [0.4, 0.5) is 0 Å². The summed E-state index contributed by atoms with van der Waals surface area (Å²) in [5.74, 6) is 0. The molecule has 10 heavy (non-hydrogen) atoms. The van der Waals surface area contributed by atoms with Crippen molar-refractivity contribution in [1.82, 2.24) is 0 Å². The van der Waals surface area contributed by atoms with Gasteiger partial charge >= 0.3 is 0 Å². The Labute approximate surface area is 64.3 Å². The van der Waals surface area contributed by atoms with E-state index in [1.165, 1.54) is 38.5 Å². The number of rotatable bonds is 3. The Morgan fingerprint density at radius 2 is 1.80 bits per heavy atom. The standard InChI is InChI=1S/C10H18/c1-3-6-10-8-5-7-9(10)4-2/h3-8H2,1-2H3. The van der Waals surface area contributed by atoms with Crippen LogP contribution in [0, 0.1) is 0 Å². The number of allylic oxidation sites excluding steroid dienone is 2. The van der Waals surface area contributed by atoms with E-state index in [0.29, 0.717) is 0 Å². The molecule has 0 aromatic rings. The van der Waals surface area contributed by atoms with Crippen LogP contribution in [-0.2, 0) is 0 Å². The van der Waals surface area contributed by atoms with Gasteiger partial charge in [0.2, 0.25) is 0 Å². The van der Waals surface area contributed by atoms with Crippen LogP contribution < -0.4 is 0 Å². The van der Waals surface area contributed by atoms with E-state index in [4.69, 9.17) is 0 Å². The summed E-state index contributed by atoms with van der Waals surface area (Å²) in [6.45, 7) is 4.56. The van der Waals surface area contributed by atoms with Crippen molar-refractivity contribution in [1.29, 1.82) is 0 Å². The molecule has 0 aliphatic heterocycles. The van der Waals surface area contributed by atoms with Gasteiger partial charge in [-0.2, -0.15) is 0 Å². The van der Waals surface area contributed by atoms with Crippen LogP contribution in [0.1, 0.15) is 52.4 Å². The van der Waals surface area contributed by atoms with E-state index in [0.717, 1.165) is 0 Å². The van der Waals surface area contributed by atoms with Crippen LogP contribution in [0.3, 0.4) is 0 Å². The molecule has 0 N–H and O–H groups in total. The second kappa shape index (κ2) is 3.80. The molecule has 0 unspecified atom stereocenters. The van der Waals surface area contributed by atoms with Crippen molar-refractivity contribution >= 4 is 0 Å². The molecule has 0 heteroatoms. The summed E-state index contributed by atoms with van der Waals surface area (Å²) in [7, 11) is 0. The Hall–Kier alpha value is -0.260. The monoisotopic (exact) mass is 138 g/mol. The number of hydrogen-bond acceptors (Lipinski definition) is 0. The lowest BCUT2D eigenvalue weighted by Crippen LogP contribution is -1.81. The molecule has 0 bridgehead atoms. The molecule has 58 valence electrons. The van der Waals surface area contributed by atoms with Gasteiger partial charge in [-0.15, -0.1) is 0 Å². The minimum Gasteiger partial charge on any atom is -0.0713 e. The molecule has 0 atom stereocenters. The molecule has 0 saturated carbocycles. The summed E-state index contributed by atoms with van der Waals surface area (Å²) in [5.41, 5.74) is 3.55. The maximum absolute atomic E-state index is 2.29. The predicted molar refractivity (Wildman–Crippen MR) is 46.1 cm³/mol. The fraction of sp³-hybridized carbons (Fsp3) is 0.800. The molecule has 0 aromatic heterocycles. The third-order valence-corrected chi connectivity index (χ3v) is 2.44. The highest BCUT2D eigenvalue weighted by Gasteiger charge is 2.10. The second-order valence-corrected chi connectivity index (χ2v) is 3.16. The molecular weight excluding hydrogens is 120 g/mol. The Morgan fingerprint density at radius 3 is 2.40 bits per heavy atom. The normalized spacial score (nSPS) is 18.6. The first-order chi connectivity index (χ1) is 4.88. The van der Waals surface area contributed by atoms with Crippen LogP contribution in [0.15, 0.2) is 11.1 Å². The van der Waals surface area contributed by atoms with Crippen molar-refractivity contribution in [3.05, 3.63) is 11.1 Å². The van der Waals surface area contributed by atoms with Crippen molar-refractivity contribution in [3.63, 3.8) is 0 Å². The SMILES string of the molecule is CCCC1=C(CC)CCC1. The highest BCUT2D eigenvalue weighted by Crippen LogP contribution is 2.30. The first kappa shape index (κ1) is 7.84. The van der Waals surface area contributed by atoms with Gasteiger partial charge in [0.25, 0.3) is 0 Å². The highest BCUT2D eigenvalue weighted by molar-refractivity contribution is 5.18. The van der Waals surface area contributed by atoms with Crippen molar-refractivity contribution in [2.75, 3.05) is 0 Å². The maximum Gasteiger partial charge on any atom is -0.0315 e. The van der Waals surface area contributed by atoms with Gasteiger partial charge in [-0.3, -0.25) is 0 Å². The van der Waals surface area contributed by atoms with Crippen LogP contribution >= 0.6 is 0 Å². The van der Waals surface area contributed by atoms with E-state index >= 15 is 0 Å². The molecule has 0 amide bonds. The molecule has 0 fully saturated rings. The average Bonchev–Trinajstić information content (AvgIpc) is 2.36. The first-order valence-corrected chi connectivity index (χ1v) is 4.58. The lowest BCUT2D eigenvalue weighted by molar-refractivity contribution is 0.829. The molecule has 0 heterocycles. The summed E-state index contributed by atoms with van der Waals surface area (Å²) in [6.07, 6.45) is 8.22. The summed E-state index contributed by atoms with van der Waals surface area (Å²) in [5, 5.41) is 0. The van der Waals surface area contributed by atoms with Gasteiger partial charge in [0.15, 0.2) is 0 Å². The van der Waals surface area contributed by atoms with Gasteiger partial charge in [0.05, 0.1) is 0 Å². The lowest BCUT2D eigenvalue weighted by atomic mass is 10.1. The van der Waals surface area contributed by atoms with Crippen LogP contribution in [0.5, 0.6) is 0 Å². The quantitative estimate of drug-likeness (QED) is 0.522. The van der Waals surface area contributed by atoms with Gasteiger partial charge in [0, 0.05) is 0 Å². The lowest BCUT2D eigenvalue weighted by Gasteiger charge is -2.01. The molecule has 0 aromatic carbocycles. The van der Waals surface area contributed by atoms with E-state index in [2.05, 4.69) is 13.8 Å². The zero-order valence-corrected chi connectivity index (χ0v) is 7.24. The summed E-state index contributed by atoms with van der Waals surface area (Å²) in [6, 6.07) is 0. The van der Waals surface area contributed by atoms with Gasteiger partial charge in [-0.05, 0) is 32.1 Å². The summed E-state index contributed by atoms with van der Waals surface area (Å²) in [4.78, 5) is 0. The maximum atomic E-state index is 2.29. The van der Waals surface area contributed by atoms with Crippen LogP contribution in [-0.4, -0.2) is 0 Å². The average molecular weight is 138 g/mol. The van der Waals surface area contributed by atoms with E-state index in [9.17, 15) is 0 Å².